The summed E-state index contributed by atoms with van der Waals surface area (Å²) in [5.41, 5.74) is 2.26. The Hall–Kier alpha value is -1.77. The van der Waals surface area contributed by atoms with Crippen molar-refractivity contribution in [2.45, 2.75) is 0 Å². The average Bonchev–Trinajstić information content (AvgIpc) is 2.64. The van der Waals surface area contributed by atoms with E-state index in [9.17, 15) is 4.79 Å². The Morgan fingerprint density at radius 2 is 2.25 bits per heavy atom. The number of amides is 1. The van der Waals surface area contributed by atoms with Crippen LogP contribution in [0.1, 0.15) is 5.69 Å². The maximum absolute atomic E-state index is 11.0. The highest BCUT2D eigenvalue weighted by molar-refractivity contribution is 6.12. The molecule has 2 rings (SSSR count). The van der Waals surface area contributed by atoms with Gasteiger partial charge in [-0.1, -0.05) is 6.58 Å². The summed E-state index contributed by atoms with van der Waals surface area (Å²) in [4.78, 5) is 14.0. The minimum atomic E-state index is -0.125. The van der Waals surface area contributed by atoms with Crippen LogP contribution in [-0.2, 0) is 4.79 Å². The van der Waals surface area contributed by atoms with Crippen LogP contribution in [0.3, 0.4) is 0 Å². The van der Waals surface area contributed by atoms with E-state index >= 15 is 0 Å². The molecule has 0 fully saturated rings. The van der Waals surface area contributed by atoms with E-state index in [0.29, 0.717) is 5.57 Å². The van der Waals surface area contributed by atoms with Crippen LogP contribution in [0.5, 0.6) is 0 Å². The van der Waals surface area contributed by atoms with Gasteiger partial charge in [0.25, 0.3) is 5.91 Å². The summed E-state index contributed by atoms with van der Waals surface area (Å²) >= 11 is 0. The van der Waals surface area contributed by atoms with Gasteiger partial charge in [-0.05, 0) is 12.1 Å². The van der Waals surface area contributed by atoms with Crippen molar-refractivity contribution in [3.8, 4) is 0 Å². The molecule has 1 aliphatic heterocycles. The van der Waals surface area contributed by atoms with E-state index in [2.05, 4.69) is 16.9 Å². The van der Waals surface area contributed by atoms with Gasteiger partial charge in [0.1, 0.15) is 0 Å². The van der Waals surface area contributed by atoms with Crippen LogP contribution >= 0.6 is 0 Å². The van der Waals surface area contributed by atoms with Gasteiger partial charge in [-0.3, -0.25) is 4.79 Å². The minimum Gasteiger partial charge on any atom is -0.361 e. The molecule has 2 heterocycles. The molecule has 0 spiro atoms. The van der Waals surface area contributed by atoms with Crippen molar-refractivity contribution in [2.24, 2.45) is 0 Å². The molecule has 3 nitrogen and oxygen atoms in total. The second kappa shape index (κ2) is 2.37. The number of hydrogen-bond donors (Lipinski definition) is 2. The third-order valence-electron chi connectivity index (χ3n) is 1.83. The Morgan fingerprint density at radius 3 is 2.75 bits per heavy atom. The number of carbonyl (C=O) groups excluding carboxylic acids is 1. The first-order chi connectivity index (χ1) is 5.79. The molecule has 0 saturated heterocycles. The molecule has 3 heteroatoms. The van der Waals surface area contributed by atoms with E-state index < -0.39 is 0 Å². The molecule has 1 aliphatic rings. The van der Waals surface area contributed by atoms with Crippen LogP contribution in [0.15, 0.2) is 36.7 Å². The number of carbonyl (C=O) groups is 1. The Labute approximate surface area is 69.8 Å². The second-order valence-corrected chi connectivity index (χ2v) is 2.59. The molecule has 0 unspecified atom stereocenters. The van der Waals surface area contributed by atoms with Gasteiger partial charge in [0.2, 0.25) is 0 Å². The third kappa shape index (κ3) is 0.871. The Morgan fingerprint density at radius 1 is 1.42 bits per heavy atom. The fraction of sp³-hybridized carbons (Fsp3) is 0. The van der Waals surface area contributed by atoms with E-state index in [1.54, 1.807) is 6.20 Å². The molecule has 0 aromatic carbocycles. The fourth-order valence-corrected chi connectivity index (χ4v) is 1.17. The Bertz CT molecular complexity index is 360. The van der Waals surface area contributed by atoms with E-state index in [1.165, 1.54) is 0 Å². The lowest BCUT2D eigenvalue weighted by Gasteiger charge is -1.96. The quantitative estimate of drug-likeness (QED) is 0.592. The van der Waals surface area contributed by atoms with Crippen LogP contribution in [0.25, 0.3) is 5.57 Å². The fourth-order valence-electron chi connectivity index (χ4n) is 1.17. The zero-order valence-corrected chi connectivity index (χ0v) is 6.42. The van der Waals surface area contributed by atoms with Crippen molar-refractivity contribution in [2.75, 3.05) is 0 Å². The van der Waals surface area contributed by atoms with E-state index in [4.69, 9.17) is 0 Å². The summed E-state index contributed by atoms with van der Waals surface area (Å²) in [5.74, 6) is -0.125. The highest BCUT2D eigenvalue weighted by Crippen LogP contribution is 2.23. The summed E-state index contributed by atoms with van der Waals surface area (Å²) in [6, 6.07) is 3.78. The van der Waals surface area contributed by atoms with Crippen molar-refractivity contribution < 1.29 is 4.79 Å². The molecule has 1 aromatic rings. The van der Waals surface area contributed by atoms with Gasteiger partial charge in [-0.15, -0.1) is 0 Å². The van der Waals surface area contributed by atoms with Crippen LogP contribution in [0, 0.1) is 0 Å². The summed E-state index contributed by atoms with van der Waals surface area (Å²) in [5, 5.41) is 2.59. The van der Waals surface area contributed by atoms with Crippen LogP contribution in [0.2, 0.25) is 0 Å². The number of hydrogen-bond acceptors (Lipinski definition) is 1. The minimum absolute atomic E-state index is 0.125. The maximum atomic E-state index is 11.0. The van der Waals surface area contributed by atoms with Crippen LogP contribution in [-0.4, -0.2) is 10.9 Å². The molecule has 0 aliphatic carbocycles. The zero-order chi connectivity index (χ0) is 8.55. The summed E-state index contributed by atoms with van der Waals surface area (Å²) in [7, 11) is 0. The van der Waals surface area contributed by atoms with Crippen LogP contribution in [0.4, 0.5) is 0 Å². The molecule has 1 aromatic heterocycles. The van der Waals surface area contributed by atoms with Crippen molar-refractivity contribution in [3.05, 3.63) is 42.4 Å². The average molecular weight is 160 g/mol. The molecule has 0 radical (unpaired) electrons. The van der Waals surface area contributed by atoms with Gasteiger partial charge < -0.3 is 10.3 Å². The molecule has 0 saturated carbocycles. The molecule has 12 heavy (non-hydrogen) atoms. The van der Waals surface area contributed by atoms with Crippen molar-refractivity contribution in [1.82, 2.24) is 10.3 Å². The lowest BCUT2D eigenvalue weighted by atomic mass is 10.1. The zero-order valence-electron chi connectivity index (χ0n) is 6.42. The standard InChI is InChI=1S/C9H8N2O/c1-6-7(5-11-9(6)12)8-3-2-4-10-8/h2-5,10H,1H2,(H,11,12). The van der Waals surface area contributed by atoms with Gasteiger partial charge in [-0.2, -0.15) is 0 Å². The SMILES string of the molecule is C=C1C(=O)NC=C1c1ccc[nH]1. The smallest absolute Gasteiger partial charge is 0.255 e. The predicted molar refractivity (Wildman–Crippen MR) is 46.1 cm³/mol. The number of nitrogens with one attached hydrogen (secondary N) is 2. The van der Waals surface area contributed by atoms with E-state index in [1.807, 2.05) is 18.3 Å². The summed E-state index contributed by atoms with van der Waals surface area (Å²) < 4.78 is 0. The summed E-state index contributed by atoms with van der Waals surface area (Å²) in [6.45, 7) is 3.67. The second-order valence-electron chi connectivity index (χ2n) is 2.59. The number of aromatic amines is 1. The topological polar surface area (TPSA) is 44.9 Å². The largest absolute Gasteiger partial charge is 0.361 e. The molecule has 0 atom stereocenters. The van der Waals surface area contributed by atoms with Crippen molar-refractivity contribution in [1.29, 1.82) is 0 Å². The van der Waals surface area contributed by atoms with Gasteiger partial charge in [0.05, 0.1) is 0 Å². The van der Waals surface area contributed by atoms with E-state index in [-0.39, 0.29) is 5.91 Å². The summed E-state index contributed by atoms with van der Waals surface area (Å²) in [6.07, 6.45) is 3.47. The van der Waals surface area contributed by atoms with Crippen molar-refractivity contribution in [3.63, 3.8) is 0 Å². The molecular weight excluding hydrogens is 152 g/mol. The first kappa shape index (κ1) is 6.91. The molecule has 2 N–H and O–H groups in total. The van der Waals surface area contributed by atoms with Gasteiger partial charge in [0, 0.05) is 29.2 Å². The van der Waals surface area contributed by atoms with Gasteiger partial charge in [-0.25, -0.2) is 0 Å². The first-order valence-corrected chi connectivity index (χ1v) is 3.63. The number of aromatic nitrogens is 1. The van der Waals surface area contributed by atoms with Gasteiger partial charge >= 0.3 is 0 Å². The predicted octanol–water partition coefficient (Wildman–Crippen LogP) is 1.04. The monoisotopic (exact) mass is 160 g/mol. The molecule has 1 amide bonds. The normalized spacial score (nSPS) is 16.2. The lowest BCUT2D eigenvalue weighted by molar-refractivity contribution is -0.115. The lowest BCUT2D eigenvalue weighted by Crippen LogP contribution is -2.10. The first-order valence-electron chi connectivity index (χ1n) is 3.63. The molecule has 60 valence electrons. The number of H-pyrrole nitrogens is 1. The van der Waals surface area contributed by atoms with Gasteiger partial charge in [0.15, 0.2) is 0 Å². The highest BCUT2D eigenvalue weighted by atomic mass is 16.1. The van der Waals surface area contributed by atoms with E-state index in [0.717, 1.165) is 11.3 Å². The maximum Gasteiger partial charge on any atom is 0.255 e. The third-order valence-corrected chi connectivity index (χ3v) is 1.83. The van der Waals surface area contributed by atoms with Crippen molar-refractivity contribution >= 4 is 11.5 Å². The highest BCUT2D eigenvalue weighted by Gasteiger charge is 2.19. The number of rotatable bonds is 1. The Kier molecular flexibility index (Phi) is 1.37. The molecule has 0 bridgehead atoms. The van der Waals surface area contributed by atoms with Crippen LogP contribution < -0.4 is 5.32 Å². The molecular formula is C9H8N2O. The Balaban J connectivity index is 2.39.